The summed E-state index contributed by atoms with van der Waals surface area (Å²) < 4.78 is 23.3. The maximum Gasteiger partial charge on any atom is 0.239 e. The fourth-order valence-corrected chi connectivity index (χ4v) is 3.02. The van der Waals surface area contributed by atoms with E-state index in [1.807, 2.05) is 0 Å². The summed E-state index contributed by atoms with van der Waals surface area (Å²) in [4.78, 5) is 11.2. The van der Waals surface area contributed by atoms with Crippen LogP contribution in [0.5, 0.6) is 0 Å². The zero-order valence-corrected chi connectivity index (χ0v) is 8.26. The third-order valence-electron chi connectivity index (χ3n) is 1.86. The average molecular weight is 202 g/mol. The third kappa shape index (κ3) is 1.52. The number of hydrogen-bond donors (Lipinski definition) is 0. The minimum atomic E-state index is -3.54. The van der Waals surface area contributed by atoms with Gasteiger partial charge in [0.05, 0.1) is 11.8 Å². The first-order valence-electron chi connectivity index (χ1n) is 3.78. The normalized spacial score (nSPS) is 21.6. The van der Waals surface area contributed by atoms with E-state index in [0.29, 0.717) is 4.31 Å². The van der Waals surface area contributed by atoms with Crippen LogP contribution in [0.3, 0.4) is 0 Å². The summed E-state index contributed by atoms with van der Waals surface area (Å²) in [5.74, 6) is -0.678. The summed E-state index contributed by atoms with van der Waals surface area (Å²) in [6.45, 7) is 2.82. The van der Waals surface area contributed by atoms with Crippen LogP contribution in [0.2, 0.25) is 0 Å². The van der Waals surface area contributed by atoms with Crippen LogP contribution in [-0.4, -0.2) is 29.9 Å². The monoisotopic (exact) mass is 202 g/mol. The Morgan fingerprint density at radius 2 is 2.08 bits per heavy atom. The van der Waals surface area contributed by atoms with Gasteiger partial charge in [0.1, 0.15) is 5.54 Å². The highest BCUT2D eigenvalue weighted by atomic mass is 32.2. The van der Waals surface area contributed by atoms with Crippen LogP contribution in [0.25, 0.3) is 0 Å². The van der Waals surface area contributed by atoms with E-state index in [4.69, 9.17) is 5.26 Å². The highest BCUT2D eigenvalue weighted by molar-refractivity contribution is 7.90. The van der Waals surface area contributed by atoms with Crippen molar-refractivity contribution in [1.29, 1.82) is 5.26 Å². The molecule has 1 fully saturated rings. The molecule has 1 heterocycles. The summed E-state index contributed by atoms with van der Waals surface area (Å²) in [6, 6.07) is 1.80. The van der Waals surface area contributed by atoms with Crippen molar-refractivity contribution in [3.05, 3.63) is 0 Å². The van der Waals surface area contributed by atoms with Crippen molar-refractivity contribution < 1.29 is 13.2 Å². The summed E-state index contributed by atoms with van der Waals surface area (Å²) in [7, 11) is -3.54. The minimum Gasteiger partial charge on any atom is -0.274 e. The van der Waals surface area contributed by atoms with E-state index < -0.39 is 21.5 Å². The molecule has 0 aromatic carbocycles. The largest absolute Gasteiger partial charge is 0.274 e. The molecule has 0 radical (unpaired) electrons. The molecule has 1 aliphatic heterocycles. The number of nitriles is 1. The van der Waals surface area contributed by atoms with Gasteiger partial charge in [-0.15, -0.1) is 0 Å². The van der Waals surface area contributed by atoms with E-state index in [2.05, 4.69) is 0 Å². The predicted molar refractivity (Wildman–Crippen MR) is 44.9 cm³/mol. The molecule has 72 valence electrons. The second-order valence-corrected chi connectivity index (χ2v) is 5.33. The lowest BCUT2D eigenvalue weighted by molar-refractivity contribution is -0.127. The van der Waals surface area contributed by atoms with Crippen molar-refractivity contribution in [2.24, 2.45) is 0 Å². The number of hydrogen-bond acceptors (Lipinski definition) is 4. The summed E-state index contributed by atoms with van der Waals surface area (Å²) >= 11 is 0. The summed E-state index contributed by atoms with van der Waals surface area (Å²) in [5, 5.41) is 8.70. The topological polar surface area (TPSA) is 78.2 Å². The van der Waals surface area contributed by atoms with Gasteiger partial charge in [0.25, 0.3) is 0 Å². The van der Waals surface area contributed by atoms with Gasteiger partial charge in [0.15, 0.2) is 0 Å². The van der Waals surface area contributed by atoms with Crippen molar-refractivity contribution in [3.63, 3.8) is 0 Å². The van der Waals surface area contributed by atoms with Crippen LogP contribution < -0.4 is 0 Å². The van der Waals surface area contributed by atoms with Crippen LogP contribution in [-0.2, 0) is 14.8 Å². The molecule has 5 nitrogen and oxygen atoms in total. The molecule has 0 saturated carbocycles. The van der Waals surface area contributed by atoms with E-state index in [1.54, 1.807) is 6.07 Å². The van der Waals surface area contributed by atoms with E-state index in [0.717, 1.165) is 0 Å². The van der Waals surface area contributed by atoms with Crippen molar-refractivity contribution in [2.75, 3.05) is 5.75 Å². The Bertz CT molecular complexity index is 377. The Morgan fingerprint density at radius 1 is 1.54 bits per heavy atom. The SMILES string of the molecule is CC(C)(C#N)N1C(=O)CCS1(=O)=O. The lowest BCUT2D eigenvalue weighted by atomic mass is 10.1. The zero-order valence-electron chi connectivity index (χ0n) is 7.44. The van der Waals surface area contributed by atoms with Crippen LogP contribution in [0.15, 0.2) is 0 Å². The number of amides is 1. The first kappa shape index (κ1) is 9.99. The second kappa shape index (κ2) is 2.70. The van der Waals surface area contributed by atoms with Gasteiger partial charge < -0.3 is 0 Å². The maximum absolute atomic E-state index is 11.3. The zero-order chi connectivity index (χ0) is 10.3. The smallest absolute Gasteiger partial charge is 0.239 e. The van der Waals surface area contributed by atoms with Crippen LogP contribution in [0.1, 0.15) is 20.3 Å². The molecule has 1 amide bonds. The van der Waals surface area contributed by atoms with Crippen molar-refractivity contribution in [2.45, 2.75) is 25.8 Å². The van der Waals surface area contributed by atoms with Crippen LogP contribution >= 0.6 is 0 Å². The van der Waals surface area contributed by atoms with Crippen molar-refractivity contribution in [3.8, 4) is 6.07 Å². The van der Waals surface area contributed by atoms with Gasteiger partial charge >= 0.3 is 0 Å². The molecule has 1 rings (SSSR count). The van der Waals surface area contributed by atoms with Crippen molar-refractivity contribution >= 4 is 15.9 Å². The Balaban J connectivity index is 3.19. The fourth-order valence-electron chi connectivity index (χ4n) is 1.27. The third-order valence-corrected chi connectivity index (χ3v) is 3.80. The van der Waals surface area contributed by atoms with Gasteiger partial charge in [0.2, 0.25) is 15.9 Å². The molecule has 13 heavy (non-hydrogen) atoms. The summed E-state index contributed by atoms with van der Waals surface area (Å²) in [5.41, 5.74) is -1.27. The quantitative estimate of drug-likeness (QED) is 0.592. The van der Waals surface area contributed by atoms with Crippen LogP contribution in [0.4, 0.5) is 0 Å². The van der Waals surface area contributed by atoms with E-state index in [-0.39, 0.29) is 12.2 Å². The Kier molecular flexibility index (Phi) is 2.08. The molecule has 1 aliphatic rings. The number of carbonyl (C=O) groups is 1. The van der Waals surface area contributed by atoms with E-state index in [1.165, 1.54) is 13.8 Å². The van der Waals surface area contributed by atoms with Crippen molar-refractivity contribution in [1.82, 2.24) is 4.31 Å². The molecule has 0 atom stereocenters. The molecule has 0 unspecified atom stereocenters. The maximum atomic E-state index is 11.3. The molecule has 0 aliphatic carbocycles. The van der Waals surface area contributed by atoms with E-state index >= 15 is 0 Å². The van der Waals surface area contributed by atoms with Gasteiger partial charge in [-0.1, -0.05) is 0 Å². The molecule has 1 saturated heterocycles. The lowest BCUT2D eigenvalue weighted by Gasteiger charge is -2.26. The lowest BCUT2D eigenvalue weighted by Crippen LogP contribution is -2.46. The minimum absolute atomic E-state index is 0.0204. The first-order valence-corrected chi connectivity index (χ1v) is 5.39. The average Bonchev–Trinajstić information content (AvgIpc) is 2.26. The second-order valence-electron chi connectivity index (χ2n) is 3.39. The molecule has 0 spiro atoms. The molecule has 0 bridgehead atoms. The summed E-state index contributed by atoms with van der Waals surface area (Å²) in [6.07, 6.45) is -0.0204. The Hall–Kier alpha value is -1.09. The Labute approximate surface area is 77.0 Å². The molecule has 0 N–H and O–H groups in total. The highest BCUT2D eigenvalue weighted by Crippen LogP contribution is 2.25. The Morgan fingerprint density at radius 3 is 2.38 bits per heavy atom. The standard InChI is InChI=1S/C7H10N2O3S/c1-7(2,5-8)9-6(10)3-4-13(9,11)12/h3-4H2,1-2H3. The number of rotatable bonds is 1. The number of sulfonamides is 1. The molecule has 0 aromatic heterocycles. The first-order chi connectivity index (χ1) is 5.81. The van der Waals surface area contributed by atoms with Gasteiger partial charge in [-0.2, -0.15) is 5.26 Å². The molecule has 0 aromatic rings. The van der Waals surface area contributed by atoms with Crippen LogP contribution in [0, 0.1) is 11.3 Å². The predicted octanol–water partition coefficient (Wildman–Crippen LogP) is -0.149. The fraction of sp³-hybridized carbons (Fsp3) is 0.714. The number of carbonyl (C=O) groups excluding carboxylic acids is 1. The number of nitrogens with zero attached hydrogens (tertiary/aromatic N) is 2. The highest BCUT2D eigenvalue weighted by Gasteiger charge is 2.44. The van der Waals surface area contributed by atoms with E-state index in [9.17, 15) is 13.2 Å². The van der Waals surface area contributed by atoms with Gasteiger partial charge in [0, 0.05) is 6.42 Å². The molecule has 6 heteroatoms. The molecular weight excluding hydrogens is 192 g/mol. The van der Waals surface area contributed by atoms with Gasteiger partial charge in [-0.25, -0.2) is 12.7 Å². The van der Waals surface area contributed by atoms with Gasteiger partial charge in [-0.05, 0) is 13.8 Å². The van der Waals surface area contributed by atoms with Gasteiger partial charge in [-0.3, -0.25) is 4.79 Å². The molecular formula is C7H10N2O3S.